The Morgan fingerprint density at radius 2 is 1.89 bits per heavy atom. The summed E-state index contributed by atoms with van der Waals surface area (Å²) >= 11 is 0. The van der Waals surface area contributed by atoms with Crippen LogP contribution in [0.2, 0.25) is 0 Å². The summed E-state index contributed by atoms with van der Waals surface area (Å²) in [6.07, 6.45) is 1.94. The number of nitrogens with zero attached hydrogens (tertiary/aromatic N) is 3. The van der Waals surface area contributed by atoms with Gasteiger partial charge in [0.15, 0.2) is 0 Å². The van der Waals surface area contributed by atoms with Crippen LogP contribution in [-0.2, 0) is 14.8 Å². The van der Waals surface area contributed by atoms with Gasteiger partial charge in [-0.15, -0.1) is 0 Å². The molecule has 1 N–H and O–H groups in total. The molecule has 152 valence electrons. The van der Waals surface area contributed by atoms with E-state index in [9.17, 15) is 18.5 Å². The highest BCUT2D eigenvalue weighted by Gasteiger charge is 2.43. The number of rotatable bonds is 6. The van der Waals surface area contributed by atoms with Crippen molar-refractivity contribution in [3.05, 3.63) is 29.3 Å². The van der Waals surface area contributed by atoms with Crippen molar-refractivity contribution < 1.29 is 13.2 Å². The minimum absolute atomic E-state index is 0.179. The molecule has 0 spiro atoms. The van der Waals surface area contributed by atoms with Gasteiger partial charge in [-0.25, -0.2) is 8.42 Å². The molecule has 1 saturated heterocycles. The van der Waals surface area contributed by atoms with Crippen LogP contribution >= 0.6 is 0 Å². The van der Waals surface area contributed by atoms with Crippen LogP contribution in [0.3, 0.4) is 0 Å². The quantitative estimate of drug-likeness (QED) is 0.774. The van der Waals surface area contributed by atoms with Gasteiger partial charge < -0.3 is 5.32 Å². The van der Waals surface area contributed by atoms with Crippen molar-refractivity contribution in [3.63, 3.8) is 0 Å². The number of nitrogens with one attached hydrogen (secondary N) is 1. The Labute approximate surface area is 167 Å². The second kappa shape index (κ2) is 7.82. The molecule has 1 aromatic carbocycles. The summed E-state index contributed by atoms with van der Waals surface area (Å²) in [4.78, 5) is 14.7. The van der Waals surface area contributed by atoms with E-state index >= 15 is 0 Å². The molecule has 1 aliphatic carbocycles. The molecule has 1 unspecified atom stereocenters. The fourth-order valence-electron chi connectivity index (χ4n) is 3.67. The number of amides is 1. The van der Waals surface area contributed by atoms with Crippen LogP contribution in [0.25, 0.3) is 0 Å². The average Bonchev–Trinajstić information content (AvgIpc) is 3.49. The van der Waals surface area contributed by atoms with E-state index in [4.69, 9.17) is 0 Å². The Morgan fingerprint density at radius 1 is 1.25 bits per heavy atom. The molecule has 8 heteroatoms. The zero-order valence-electron chi connectivity index (χ0n) is 16.7. The van der Waals surface area contributed by atoms with E-state index in [2.05, 4.69) is 11.4 Å². The van der Waals surface area contributed by atoms with E-state index in [-0.39, 0.29) is 18.4 Å². The van der Waals surface area contributed by atoms with E-state index in [0.717, 1.165) is 24.0 Å². The molecular weight excluding hydrogens is 376 g/mol. The monoisotopic (exact) mass is 404 g/mol. The van der Waals surface area contributed by atoms with E-state index in [1.54, 1.807) is 19.9 Å². The number of carbonyl (C=O) groups is 1. The molecular formula is C20H28N4O3S. The van der Waals surface area contributed by atoms with E-state index < -0.39 is 15.6 Å². The number of piperazine rings is 1. The Morgan fingerprint density at radius 3 is 2.46 bits per heavy atom. The van der Waals surface area contributed by atoms with Crippen molar-refractivity contribution in [2.75, 3.05) is 32.7 Å². The second-order valence-electron chi connectivity index (χ2n) is 8.09. The Balaban J connectivity index is 1.58. The first-order chi connectivity index (χ1) is 13.2. The maximum atomic E-state index is 13.0. The molecule has 28 heavy (non-hydrogen) atoms. The van der Waals surface area contributed by atoms with Gasteiger partial charge in [0, 0.05) is 26.2 Å². The van der Waals surface area contributed by atoms with E-state index in [1.807, 2.05) is 24.0 Å². The molecule has 1 heterocycles. The maximum absolute atomic E-state index is 13.0. The Hall–Kier alpha value is -1.95. The smallest absolute Gasteiger partial charge is 0.243 e. The fraction of sp³-hybridized carbons (Fsp3) is 0.600. The first-order valence-corrected chi connectivity index (χ1v) is 11.1. The van der Waals surface area contributed by atoms with Crippen LogP contribution in [0.15, 0.2) is 23.1 Å². The maximum Gasteiger partial charge on any atom is 0.243 e. The zero-order valence-corrected chi connectivity index (χ0v) is 17.6. The Kier molecular flexibility index (Phi) is 5.80. The number of benzene rings is 1. The molecule has 1 amide bonds. The molecule has 2 fully saturated rings. The van der Waals surface area contributed by atoms with Gasteiger partial charge in [-0.3, -0.25) is 9.69 Å². The molecule has 1 aliphatic heterocycles. The van der Waals surface area contributed by atoms with Crippen LogP contribution < -0.4 is 5.32 Å². The zero-order chi connectivity index (χ0) is 20.5. The molecule has 7 nitrogen and oxygen atoms in total. The molecule has 1 atom stereocenters. The number of nitriles is 1. The van der Waals surface area contributed by atoms with Gasteiger partial charge in [0.25, 0.3) is 0 Å². The summed E-state index contributed by atoms with van der Waals surface area (Å²) in [6, 6.07) is 7.67. The second-order valence-corrected chi connectivity index (χ2v) is 9.99. The third-order valence-electron chi connectivity index (χ3n) is 5.69. The van der Waals surface area contributed by atoms with E-state index in [0.29, 0.717) is 31.1 Å². The number of sulfonamides is 1. The van der Waals surface area contributed by atoms with Crippen molar-refractivity contribution in [1.29, 1.82) is 5.26 Å². The minimum Gasteiger partial charge on any atom is -0.337 e. The molecule has 1 aromatic rings. The highest BCUT2D eigenvalue weighted by molar-refractivity contribution is 7.89. The molecule has 0 radical (unpaired) electrons. The van der Waals surface area contributed by atoms with Gasteiger partial charge in [0.2, 0.25) is 15.9 Å². The van der Waals surface area contributed by atoms with Crippen LogP contribution in [0.5, 0.6) is 0 Å². The number of hydrogen-bond acceptors (Lipinski definition) is 5. The van der Waals surface area contributed by atoms with Crippen LogP contribution in [0.4, 0.5) is 0 Å². The van der Waals surface area contributed by atoms with Crippen molar-refractivity contribution in [2.45, 2.75) is 44.0 Å². The highest BCUT2D eigenvalue weighted by Crippen LogP contribution is 2.39. The summed E-state index contributed by atoms with van der Waals surface area (Å²) < 4.78 is 27.5. The lowest BCUT2D eigenvalue weighted by molar-refractivity contribution is -0.123. The van der Waals surface area contributed by atoms with Gasteiger partial charge in [0.1, 0.15) is 5.54 Å². The van der Waals surface area contributed by atoms with Crippen LogP contribution in [0.1, 0.15) is 30.9 Å². The predicted molar refractivity (Wildman–Crippen MR) is 106 cm³/mol. The standard InChI is InChI=1S/C20H28N4O3S/c1-15-4-5-16(2)18(12-15)28(26,27)24-10-8-23(9-11-24)13-19(25)22-20(3,14-21)17-6-7-17/h4-5,12,17H,6-11,13H2,1-3H3,(H,22,25). The molecule has 3 rings (SSSR count). The predicted octanol–water partition coefficient (Wildman–Crippen LogP) is 1.42. The first-order valence-electron chi connectivity index (χ1n) is 9.68. The third kappa shape index (κ3) is 4.37. The summed E-state index contributed by atoms with van der Waals surface area (Å²) in [6.45, 7) is 7.32. The first kappa shape index (κ1) is 20.8. The van der Waals surface area contributed by atoms with Gasteiger partial charge in [-0.1, -0.05) is 12.1 Å². The lowest BCUT2D eigenvalue weighted by Gasteiger charge is -2.34. The highest BCUT2D eigenvalue weighted by atomic mass is 32.2. The molecule has 0 aromatic heterocycles. The number of carbonyl (C=O) groups excluding carboxylic acids is 1. The van der Waals surface area contributed by atoms with Crippen molar-refractivity contribution in [1.82, 2.24) is 14.5 Å². The summed E-state index contributed by atoms with van der Waals surface area (Å²) in [7, 11) is -3.54. The fourth-order valence-corrected chi connectivity index (χ4v) is 5.40. The third-order valence-corrected chi connectivity index (χ3v) is 7.73. The molecule has 0 bridgehead atoms. The largest absolute Gasteiger partial charge is 0.337 e. The van der Waals surface area contributed by atoms with E-state index in [1.165, 1.54) is 4.31 Å². The van der Waals surface area contributed by atoms with Gasteiger partial charge in [-0.2, -0.15) is 9.57 Å². The van der Waals surface area contributed by atoms with Crippen molar-refractivity contribution >= 4 is 15.9 Å². The van der Waals surface area contributed by atoms with Crippen LogP contribution in [0, 0.1) is 31.1 Å². The average molecular weight is 405 g/mol. The van der Waals surface area contributed by atoms with Gasteiger partial charge in [0.05, 0.1) is 17.5 Å². The van der Waals surface area contributed by atoms with Gasteiger partial charge >= 0.3 is 0 Å². The number of hydrogen-bond donors (Lipinski definition) is 1. The minimum atomic E-state index is -3.54. The molecule has 2 aliphatic rings. The van der Waals surface area contributed by atoms with Gasteiger partial charge in [-0.05, 0) is 56.7 Å². The lowest BCUT2D eigenvalue weighted by Crippen LogP contribution is -2.54. The van der Waals surface area contributed by atoms with Crippen LogP contribution in [-0.4, -0.2) is 61.8 Å². The SMILES string of the molecule is Cc1ccc(C)c(S(=O)(=O)N2CCN(CC(=O)NC(C)(C#N)C3CC3)CC2)c1. The normalized spacial score (nSPS) is 20.9. The lowest BCUT2D eigenvalue weighted by atomic mass is 9.98. The number of aryl methyl sites for hydroxylation is 2. The van der Waals surface area contributed by atoms with Crippen molar-refractivity contribution in [3.8, 4) is 6.07 Å². The topological polar surface area (TPSA) is 93.5 Å². The van der Waals surface area contributed by atoms with Crippen molar-refractivity contribution in [2.24, 2.45) is 5.92 Å². The summed E-state index contributed by atoms with van der Waals surface area (Å²) in [5.41, 5.74) is 0.851. The summed E-state index contributed by atoms with van der Waals surface area (Å²) in [5.74, 6) is 0.0581. The summed E-state index contributed by atoms with van der Waals surface area (Å²) in [5, 5.41) is 12.2. The molecule has 1 saturated carbocycles. The Bertz CT molecular complexity index is 897.